The second-order valence-electron chi connectivity index (χ2n) is 3.46. The predicted octanol–water partition coefficient (Wildman–Crippen LogP) is 3.60. The fourth-order valence-electron chi connectivity index (χ4n) is 2.02. The van der Waals surface area contributed by atoms with E-state index in [1.807, 2.05) is 6.07 Å². The summed E-state index contributed by atoms with van der Waals surface area (Å²) in [5.74, 6) is 0. The number of nitrogens with zero attached hydrogens (tertiary/aromatic N) is 1. The second-order valence-corrected chi connectivity index (χ2v) is 3.87. The van der Waals surface area contributed by atoms with Crippen LogP contribution < -0.4 is 0 Å². The summed E-state index contributed by atoms with van der Waals surface area (Å²) in [6.45, 7) is 2.15. The first-order chi connectivity index (χ1) is 5.75. The molecule has 0 amide bonds. The highest BCUT2D eigenvalue weighted by molar-refractivity contribution is 6.30. The largest absolute Gasteiger partial charge is 0.193 e. The van der Waals surface area contributed by atoms with Crippen LogP contribution >= 0.6 is 11.6 Å². The molecule has 1 rings (SSSR count). The van der Waals surface area contributed by atoms with Gasteiger partial charge in [0.25, 0.3) is 0 Å². The van der Waals surface area contributed by atoms with E-state index in [9.17, 15) is 0 Å². The van der Waals surface area contributed by atoms with E-state index >= 15 is 0 Å². The van der Waals surface area contributed by atoms with E-state index < -0.39 is 0 Å². The summed E-state index contributed by atoms with van der Waals surface area (Å²) in [6, 6.07) is 2.01. The van der Waals surface area contributed by atoms with Crippen LogP contribution in [0.15, 0.2) is 11.1 Å². The Bertz CT molecular complexity index is 218. The standard InChI is InChI=1S/C10H14ClN/c1-2-10(6-3-4-7-10)9(11)5-8-12/h5H,2-4,6-7H2,1H3. The molecule has 0 aromatic carbocycles. The minimum Gasteiger partial charge on any atom is -0.193 e. The Labute approximate surface area is 79.0 Å². The lowest BCUT2D eigenvalue weighted by Gasteiger charge is -2.26. The summed E-state index contributed by atoms with van der Waals surface area (Å²) in [4.78, 5) is 0. The Morgan fingerprint density at radius 3 is 2.58 bits per heavy atom. The first kappa shape index (κ1) is 9.61. The van der Waals surface area contributed by atoms with E-state index in [0.29, 0.717) is 0 Å². The summed E-state index contributed by atoms with van der Waals surface area (Å²) in [6.07, 6.45) is 7.37. The topological polar surface area (TPSA) is 23.8 Å². The van der Waals surface area contributed by atoms with Gasteiger partial charge in [0.1, 0.15) is 0 Å². The fourth-order valence-corrected chi connectivity index (χ4v) is 2.39. The van der Waals surface area contributed by atoms with Gasteiger partial charge in [0.2, 0.25) is 0 Å². The highest BCUT2D eigenvalue weighted by Gasteiger charge is 2.34. The van der Waals surface area contributed by atoms with Crippen molar-refractivity contribution in [2.75, 3.05) is 0 Å². The Kier molecular flexibility index (Phi) is 3.17. The fraction of sp³-hybridized carbons (Fsp3) is 0.700. The van der Waals surface area contributed by atoms with Crippen LogP contribution in [-0.2, 0) is 0 Å². The van der Waals surface area contributed by atoms with E-state index in [-0.39, 0.29) is 5.41 Å². The van der Waals surface area contributed by atoms with Gasteiger partial charge in [0.05, 0.1) is 6.07 Å². The summed E-state index contributed by atoms with van der Waals surface area (Å²) >= 11 is 6.08. The highest BCUT2D eigenvalue weighted by atomic mass is 35.5. The predicted molar refractivity (Wildman–Crippen MR) is 50.7 cm³/mol. The summed E-state index contributed by atoms with van der Waals surface area (Å²) in [5.41, 5.74) is 0.150. The van der Waals surface area contributed by atoms with Gasteiger partial charge in [-0.15, -0.1) is 0 Å². The molecule has 0 atom stereocenters. The summed E-state index contributed by atoms with van der Waals surface area (Å²) < 4.78 is 0. The molecule has 0 N–H and O–H groups in total. The van der Waals surface area contributed by atoms with Crippen LogP contribution in [0.5, 0.6) is 0 Å². The van der Waals surface area contributed by atoms with Crippen molar-refractivity contribution in [2.45, 2.75) is 39.0 Å². The molecule has 1 nitrogen and oxygen atoms in total. The number of nitriles is 1. The zero-order valence-electron chi connectivity index (χ0n) is 7.44. The Morgan fingerprint density at radius 1 is 1.58 bits per heavy atom. The molecule has 1 aliphatic rings. The first-order valence-electron chi connectivity index (χ1n) is 4.51. The molecule has 0 spiro atoms. The van der Waals surface area contributed by atoms with Gasteiger partial charge in [-0.05, 0) is 19.3 Å². The summed E-state index contributed by atoms with van der Waals surface area (Å²) in [5, 5.41) is 9.26. The molecule has 0 aromatic heterocycles. The minimum absolute atomic E-state index is 0.150. The quantitative estimate of drug-likeness (QED) is 0.600. The third-order valence-electron chi connectivity index (χ3n) is 2.94. The van der Waals surface area contributed by atoms with Crippen molar-refractivity contribution in [1.82, 2.24) is 0 Å². The van der Waals surface area contributed by atoms with Gasteiger partial charge in [-0.25, -0.2) is 0 Å². The lowest BCUT2D eigenvalue weighted by molar-refractivity contribution is 0.371. The number of allylic oxidation sites excluding steroid dienone is 2. The number of hydrogen-bond donors (Lipinski definition) is 0. The molecule has 2 heteroatoms. The van der Waals surface area contributed by atoms with Crippen molar-refractivity contribution in [2.24, 2.45) is 5.41 Å². The number of halogens is 1. The molecule has 0 unspecified atom stereocenters. The van der Waals surface area contributed by atoms with E-state index in [1.54, 1.807) is 0 Å². The lowest BCUT2D eigenvalue weighted by atomic mass is 9.83. The summed E-state index contributed by atoms with van der Waals surface area (Å²) in [7, 11) is 0. The normalized spacial score (nSPS) is 22.2. The third-order valence-corrected chi connectivity index (χ3v) is 3.45. The molecule has 66 valence electrons. The number of rotatable bonds is 2. The molecule has 0 aromatic rings. The Hall–Kier alpha value is -0.480. The molecular weight excluding hydrogens is 170 g/mol. The molecule has 0 radical (unpaired) electrons. The van der Waals surface area contributed by atoms with Crippen molar-refractivity contribution in [3.63, 3.8) is 0 Å². The van der Waals surface area contributed by atoms with Gasteiger partial charge in [-0.3, -0.25) is 0 Å². The highest BCUT2D eigenvalue weighted by Crippen LogP contribution is 2.48. The smallest absolute Gasteiger partial charge is 0.0924 e. The second kappa shape index (κ2) is 3.96. The van der Waals surface area contributed by atoms with Gasteiger partial charge in [-0.2, -0.15) is 5.26 Å². The molecule has 12 heavy (non-hydrogen) atoms. The lowest BCUT2D eigenvalue weighted by Crippen LogP contribution is -2.14. The zero-order chi connectivity index (χ0) is 9.03. The van der Waals surface area contributed by atoms with Gasteiger partial charge in [0, 0.05) is 16.5 Å². The Balaban J connectivity index is 2.80. The molecule has 1 saturated carbocycles. The molecule has 1 fully saturated rings. The molecule has 0 saturated heterocycles. The van der Waals surface area contributed by atoms with Crippen LogP contribution in [0.3, 0.4) is 0 Å². The van der Waals surface area contributed by atoms with Crippen molar-refractivity contribution in [3.8, 4) is 6.07 Å². The van der Waals surface area contributed by atoms with Crippen LogP contribution in [0.2, 0.25) is 0 Å². The molecular formula is C10H14ClN. The maximum absolute atomic E-state index is 8.50. The van der Waals surface area contributed by atoms with Gasteiger partial charge in [-0.1, -0.05) is 31.4 Å². The van der Waals surface area contributed by atoms with E-state index in [2.05, 4.69) is 6.92 Å². The van der Waals surface area contributed by atoms with E-state index in [1.165, 1.54) is 18.9 Å². The maximum atomic E-state index is 8.50. The van der Waals surface area contributed by atoms with Crippen LogP contribution in [0.4, 0.5) is 0 Å². The van der Waals surface area contributed by atoms with Crippen molar-refractivity contribution in [3.05, 3.63) is 11.1 Å². The average molecular weight is 184 g/mol. The van der Waals surface area contributed by atoms with Crippen LogP contribution in [0.25, 0.3) is 0 Å². The maximum Gasteiger partial charge on any atom is 0.0924 e. The minimum atomic E-state index is 0.150. The van der Waals surface area contributed by atoms with E-state index in [4.69, 9.17) is 16.9 Å². The average Bonchev–Trinajstić information content (AvgIpc) is 2.54. The molecule has 0 bridgehead atoms. The zero-order valence-corrected chi connectivity index (χ0v) is 8.19. The Morgan fingerprint density at radius 2 is 2.17 bits per heavy atom. The third kappa shape index (κ3) is 1.64. The van der Waals surface area contributed by atoms with Crippen molar-refractivity contribution < 1.29 is 0 Å². The van der Waals surface area contributed by atoms with Gasteiger partial charge < -0.3 is 0 Å². The van der Waals surface area contributed by atoms with Gasteiger partial charge in [0.15, 0.2) is 0 Å². The van der Waals surface area contributed by atoms with Crippen LogP contribution in [0.1, 0.15) is 39.0 Å². The monoisotopic (exact) mass is 183 g/mol. The number of hydrogen-bond acceptors (Lipinski definition) is 1. The van der Waals surface area contributed by atoms with Gasteiger partial charge >= 0.3 is 0 Å². The SMILES string of the molecule is CCC1(C(Cl)=CC#N)CCCC1. The van der Waals surface area contributed by atoms with Crippen molar-refractivity contribution in [1.29, 1.82) is 5.26 Å². The first-order valence-corrected chi connectivity index (χ1v) is 4.89. The van der Waals surface area contributed by atoms with E-state index in [0.717, 1.165) is 24.3 Å². The molecule has 0 aliphatic heterocycles. The molecule has 1 aliphatic carbocycles. The van der Waals surface area contributed by atoms with Crippen molar-refractivity contribution >= 4 is 11.6 Å². The molecule has 0 heterocycles. The van der Waals surface area contributed by atoms with Crippen LogP contribution in [0, 0.1) is 16.7 Å². The van der Waals surface area contributed by atoms with Crippen LogP contribution in [-0.4, -0.2) is 0 Å².